The van der Waals surface area contributed by atoms with Gasteiger partial charge in [0.2, 0.25) is 0 Å². The topological polar surface area (TPSA) is 83.1 Å². The minimum atomic E-state index is -0.419. The van der Waals surface area contributed by atoms with E-state index in [4.69, 9.17) is 11.6 Å². The number of halogens is 1. The molecule has 0 fully saturated rings. The Balaban J connectivity index is 1.64. The van der Waals surface area contributed by atoms with Crippen LogP contribution in [-0.2, 0) is 0 Å². The number of benzene rings is 2. The Hall–Kier alpha value is -2.90. The smallest absolute Gasteiger partial charge is 0.321 e. The van der Waals surface area contributed by atoms with Crippen molar-refractivity contribution >= 4 is 51.4 Å². The Bertz CT molecular complexity index is 968. The summed E-state index contributed by atoms with van der Waals surface area (Å²) in [6, 6.07) is 13.8. The number of amides is 3. The molecule has 0 bridgehead atoms. The van der Waals surface area contributed by atoms with E-state index in [1.54, 1.807) is 31.2 Å². The first-order chi connectivity index (χ1) is 12.9. The lowest BCUT2D eigenvalue weighted by Gasteiger charge is -2.05. The van der Waals surface area contributed by atoms with Crippen molar-refractivity contribution in [3.63, 3.8) is 0 Å². The molecule has 0 radical (unpaired) electrons. The number of carbonyl (C=O) groups is 2. The molecular weight excluding hydrogens is 384 g/mol. The van der Waals surface area contributed by atoms with Gasteiger partial charge in [0.25, 0.3) is 5.91 Å². The Morgan fingerprint density at radius 3 is 2.15 bits per heavy atom. The van der Waals surface area contributed by atoms with Gasteiger partial charge < -0.3 is 10.6 Å². The van der Waals surface area contributed by atoms with Crippen LogP contribution in [0.2, 0.25) is 5.02 Å². The standard InChI is InChI=1S/C19H17ClN4O2S/c1-11-3-7-15(8-4-11)23-18(26)24-19-21-12(2)16(27-19)17(25)22-14-9-5-13(20)6-10-14/h3-10H,1-2H3,(H,22,25)(H2,21,23,24,26). The van der Waals surface area contributed by atoms with Crippen LogP contribution in [0.3, 0.4) is 0 Å². The lowest BCUT2D eigenvalue weighted by atomic mass is 10.2. The fourth-order valence-corrected chi connectivity index (χ4v) is 3.26. The van der Waals surface area contributed by atoms with Gasteiger partial charge in [-0.25, -0.2) is 9.78 Å². The maximum Gasteiger partial charge on any atom is 0.325 e. The first-order valence-corrected chi connectivity index (χ1v) is 9.29. The van der Waals surface area contributed by atoms with E-state index in [0.29, 0.717) is 32.1 Å². The Labute approximate surface area is 165 Å². The molecule has 1 heterocycles. The highest BCUT2D eigenvalue weighted by molar-refractivity contribution is 7.17. The summed E-state index contributed by atoms with van der Waals surface area (Å²) in [5, 5.41) is 9.10. The fraction of sp³-hybridized carbons (Fsp3) is 0.105. The highest BCUT2D eigenvalue weighted by atomic mass is 35.5. The normalized spacial score (nSPS) is 10.3. The Kier molecular flexibility index (Phi) is 5.73. The van der Waals surface area contributed by atoms with E-state index in [1.165, 1.54) is 0 Å². The van der Waals surface area contributed by atoms with Crippen molar-refractivity contribution in [2.45, 2.75) is 13.8 Å². The van der Waals surface area contributed by atoms with Crippen LogP contribution < -0.4 is 16.0 Å². The van der Waals surface area contributed by atoms with E-state index in [1.807, 2.05) is 31.2 Å². The molecule has 0 aliphatic heterocycles. The van der Waals surface area contributed by atoms with Crippen molar-refractivity contribution in [2.24, 2.45) is 0 Å². The van der Waals surface area contributed by atoms with Gasteiger partial charge in [0.1, 0.15) is 4.88 Å². The monoisotopic (exact) mass is 400 g/mol. The van der Waals surface area contributed by atoms with Crippen LogP contribution in [0, 0.1) is 13.8 Å². The van der Waals surface area contributed by atoms with Gasteiger partial charge >= 0.3 is 6.03 Å². The van der Waals surface area contributed by atoms with Gasteiger partial charge in [-0.3, -0.25) is 10.1 Å². The Morgan fingerprint density at radius 2 is 1.48 bits per heavy atom. The van der Waals surface area contributed by atoms with Crippen LogP contribution in [0.4, 0.5) is 21.3 Å². The fourth-order valence-electron chi connectivity index (χ4n) is 2.28. The minimum Gasteiger partial charge on any atom is -0.321 e. The largest absolute Gasteiger partial charge is 0.325 e. The van der Waals surface area contributed by atoms with E-state index < -0.39 is 6.03 Å². The second-order valence-corrected chi connectivity index (χ2v) is 7.28. The first-order valence-electron chi connectivity index (χ1n) is 8.10. The molecule has 27 heavy (non-hydrogen) atoms. The molecule has 3 amide bonds. The van der Waals surface area contributed by atoms with Gasteiger partial charge in [-0.1, -0.05) is 40.6 Å². The molecule has 1 aromatic heterocycles. The molecule has 0 aliphatic rings. The molecule has 0 spiro atoms. The number of carbonyl (C=O) groups excluding carboxylic acids is 2. The number of nitrogens with zero attached hydrogens (tertiary/aromatic N) is 1. The van der Waals surface area contributed by atoms with E-state index in [-0.39, 0.29) is 5.91 Å². The summed E-state index contributed by atoms with van der Waals surface area (Å²) in [6.45, 7) is 3.69. The summed E-state index contributed by atoms with van der Waals surface area (Å²) in [7, 11) is 0. The van der Waals surface area contributed by atoms with Gasteiger partial charge in [-0.15, -0.1) is 0 Å². The summed E-state index contributed by atoms with van der Waals surface area (Å²) in [6.07, 6.45) is 0. The van der Waals surface area contributed by atoms with Gasteiger partial charge in [-0.05, 0) is 50.2 Å². The summed E-state index contributed by atoms with van der Waals surface area (Å²) >= 11 is 6.95. The molecule has 8 heteroatoms. The van der Waals surface area contributed by atoms with Crippen LogP contribution in [0.15, 0.2) is 48.5 Å². The second-order valence-electron chi connectivity index (χ2n) is 5.84. The maximum atomic E-state index is 12.4. The average Bonchev–Trinajstić information content (AvgIpc) is 2.99. The molecule has 138 valence electrons. The zero-order valence-electron chi connectivity index (χ0n) is 14.7. The van der Waals surface area contributed by atoms with Crippen LogP contribution in [0.1, 0.15) is 20.9 Å². The zero-order valence-corrected chi connectivity index (χ0v) is 16.2. The van der Waals surface area contributed by atoms with Crippen molar-refractivity contribution < 1.29 is 9.59 Å². The van der Waals surface area contributed by atoms with Crippen molar-refractivity contribution in [3.8, 4) is 0 Å². The molecule has 0 aliphatic carbocycles. The molecule has 2 aromatic carbocycles. The van der Waals surface area contributed by atoms with Gasteiger partial charge in [-0.2, -0.15) is 0 Å². The zero-order chi connectivity index (χ0) is 19.4. The molecule has 3 rings (SSSR count). The van der Waals surface area contributed by atoms with E-state index in [9.17, 15) is 9.59 Å². The van der Waals surface area contributed by atoms with Crippen LogP contribution >= 0.6 is 22.9 Å². The molecule has 0 saturated heterocycles. The molecule has 0 saturated carbocycles. The number of aryl methyl sites for hydroxylation is 2. The molecule has 0 atom stereocenters. The third-order valence-corrected chi connectivity index (χ3v) is 4.96. The maximum absolute atomic E-state index is 12.4. The summed E-state index contributed by atoms with van der Waals surface area (Å²) < 4.78 is 0. The molecule has 3 N–H and O–H groups in total. The van der Waals surface area contributed by atoms with Crippen LogP contribution in [-0.4, -0.2) is 16.9 Å². The lowest BCUT2D eigenvalue weighted by molar-refractivity contribution is 0.103. The number of hydrogen-bond donors (Lipinski definition) is 3. The number of urea groups is 1. The Morgan fingerprint density at radius 1 is 0.889 bits per heavy atom. The number of aromatic nitrogens is 1. The van der Waals surface area contributed by atoms with Gasteiger partial charge in [0, 0.05) is 16.4 Å². The average molecular weight is 401 g/mol. The molecule has 3 aromatic rings. The summed E-state index contributed by atoms with van der Waals surface area (Å²) in [4.78, 5) is 29.2. The van der Waals surface area contributed by atoms with Crippen molar-refractivity contribution in [1.82, 2.24) is 4.98 Å². The first kappa shape index (κ1) is 18.9. The molecular formula is C19H17ClN4O2S. The quantitative estimate of drug-likeness (QED) is 0.555. The number of thiazole rings is 1. The summed E-state index contributed by atoms with van der Waals surface area (Å²) in [5.41, 5.74) is 2.95. The van der Waals surface area contributed by atoms with E-state index in [0.717, 1.165) is 16.9 Å². The molecule has 6 nitrogen and oxygen atoms in total. The summed E-state index contributed by atoms with van der Waals surface area (Å²) in [5.74, 6) is -0.292. The van der Waals surface area contributed by atoms with Crippen molar-refractivity contribution in [2.75, 3.05) is 16.0 Å². The SMILES string of the molecule is Cc1ccc(NC(=O)Nc2nc(C)c(C(=O)Nc3ccc(Cl)cc3)s2)cc1. The predicted octanol–water partition coefficient (Wildman–Crippen LogP) is 5.31. The third-order valence-electron chi connectivity index (χ3n) is 3.63. The van der Waals surface area contributed by atoms with Crippen molar-refractivity contribution in [3.05, 3.63) is 69.7 Å². The molecule has 0 unspecified atom stereocenters. The van der Waals surface area contributed by atoms with Gasteiger partial charge in [0.15, 0.2) is 5.13 Å². The number of nitrogens with one attached hydrogen (secondary N) is 3. The number of hydrogen-bond acceptors (Lipinski definition) is 4. The highest BCUT2D eigenvalue weighted by Gasteiger charge is 2.17. The number of rotatable bonds is 4. The van der Waals surface area contributed by atoms with E-state index >= 15 is 0 Å². The third kappa shape index (κ3) is 5.06. The number of anilines is 3. The van der Waals surface area contributed by atoms with Crippen molar-refractivity contribution in [1.29, 1.82) is 0 Å². The van der Waals surface area contributed by atoms with Gasteiger partial charge in [0.05, 0.1) is 5.69 Å². The van der Waals surface area contributed by atoms with E-state index in [2.05, 4.69) is 20.9 Å². The lowest BCUT2D eigenvalue weighted by Crippen LogP contribution is -2.19. The highest BCUT2D eigenvalue weighted by Crippen LogP contribution is 2.24. The predicted molar refractivity (Wildman–Crippen MR) is 110 cm³/mol. The van der Waals surface area contributed by atoms with Crippen LogP contribution in [0.5, 0.6) is 0 Å². The minimum absolute atomic E-state index is 0.292. The second kappa shape index (κ2) is 8.20. The van der Waals surface area contributed by atoms with Crippen LogP contribution in [0.25, 0.3) is 0 Å².